The molecule has 1 aliphatic rings. The smallest absolute Gasteiger partial charge is 0.407 e. The molecule has 0 heterocycles. The molecule has 0 atom stereocenters. The van der Waals surface area contributed by atoms with Gasteiger partial charge in [0.1, 0.15) is 5.60 Å². The van der Waals surface area contributed by atoms with Crippen molar-refractivity contribution >= 4 is 6.09 Å². The largest absolute Gasteiger partial charge is 0.444 e. The van der Waals surface area contributed by atoms with Crippen LogP contribution >= 0.6 is 0 Å². The summed E-state index contributed by atoms with van der Waals surface area (Å²) < 4.78 is 10.8. The highest BCUT2D eigenvalue weighted by Crippen LogP contribution is 2.19. The third kappa shape index (κ3) is 8.94. The minimum atomic E-state index is -0.431. The quantitative estimate of drug-likeness (QED) is 0.741. The van der Waals surface area contributed by atoms with Crippen LogP contribution in [0.1, 0.15) is 60.3 Å². The van der Waals surface area contributed by atoms with Crippen LogP contribution in [0.2, 0.25) is 0 Å². The fourth-order valence-corrected chi connectivity index (χ4v) is 2.47. The number of hydrogen-bond donors (Lipinski definition) is 2. The number of ether oxygens (including phenoxy) is 2. The highest BCUT2D eigenvalue weighted by atomic mass is 16.6. The Kier molecular flexibility index (Phi) is 7.46. The van der Waals surface area contributed by atoms with E-state index in [1.807, 2.05) is 34.6 Å². The van der Waals surface area contributed by atoms with E-state index in [4.69, 9.17) is 9.47 Å². The molecule has 0 aromatic heterocycles. The molecule has 1 rings (SSSR count). The van der Waals surface area contributed by atoms with E-state index in [1.54, 1.807) is 0 Å². The second-order valence-electron chi connectivity index (χ2n) is 7.07. The summed E-state index contributed by atoms with van der Waals surface area (Å²) in [7, 11) is 0. The Morgan fingerprint density at radius 2 is 1.71 bits per heavy atom. The average Bonchev–Trinajstić information content (AvgIpc) is 2.34. The van der Waals surface area contributed by atoms with E-state index in [0.717, 1.165) is 38.8 Å². The lowest BCUT2D eigenvalue weighted by atomic mass is 9.91. The molecule has 0 unspecified atom stereocenters. The van der Waals surface area contributed by atoms with Gasteiger partial charge in [-0.1, -0.05) is 0 Å². The van der Waals surface area contributed by atoms with Crippen LogP contribution in [0.5, 0.6) is 0 Å². The van der Waals surface area contributed by atoms with Gasteiger partial charge in [0.2, 0.25) is 0 Å². The fourth-order valence-electron chi connectivity index (χ4n) is 2.47. The number of amides is 1. The van der Waals surface area contributed by atoms with Gasteiger partial charge in [0.05, 0.1) is 12.7 Å². The van der Waals surface area contributed by atoms with E-state index in [-0.39, 0.29) is 12.1 Å². The van der Waals surface area contributed by atoms with Crippen LogP contribution in [0.15, 0.2) is 0 Å². The van der Waals surface area contributed by atoms with Crippen molar-refractivity contribution in [2.45, 2.75) is 84.1 Å². The minimum Gasteiger partial charge on any atom is -0.444 e. The highest BCUT2D eigenvalue weighted by molar-refractivity contribution is 5.68. The average molecular weight is 300 g/mol. The number of carbonyl (C=O) groups excluding carboxylic acids is 1. The molecule has 0 aliphatic heterocycles. The van der Waals surface area contributed by atoms with E-state index >= 15 is 0 Å². The molecule has 124 valence electrons. The Balaban J connectivity index is 2.13. The van der Waals surface area contributed by atoms with Gasteiger partial charge in [-0.2, -0.15) is 0 Å². The Morgan fingerprint density at radius 3 is 2.24 bits per heavy atom. The first-order valence-corrected chi connectivity index (χ1v) is 8.11. The van der Waals surface area contributed by atoms with Gasteiger partial charge in [-0.25, -0.2) is 4.79 Å². The molecule has 0 bridgehead atoms. The summed E-state index contributed by atoms with van der Waals surface area (Å²) in [4.78, 5) is 11.7. The van der Waals surface area contributed by atoms with Crippen LogP contribution in [0, 0.1) is 0 Å². The van der Waals surface area contributed by atoms with E-state index in [9.17, 15) is 4.79 Å². The lowest BCUT2D eigenvalue weighted by Gasteiger charge is -2.30. The number of rotatable bonds is 6. The van der Waals surface area contributed by atoms with Crippen LogP contribution in [0.25, 0.3) is 0 Å². The predicted molar refractivity (Wildman–Crippen MR) is 84.5 cm³/mol. The van der Waals surface area contributed by atoms with Crippen LogP contribution in [0.3, 0.4) is 0 Å². The first-order valence-electron chi connectivity index (χ1n) is 8.11. The van der Waals surface area contributed by atoms with Gasteiger partial charge in [-0.3, -0.25) is 0 Å². The summed E-state index contributed by atoms with van der Waals surface area (Å²) in [6, 6.07) is 0.780. The molecule has 1 fully saturated rings. The monoisotopic (exact) mass is 300 g/mol. The minimum absolute atomic E-state index is 0.241. The molecule has 1 amide bonds. The number of carbonyl (C=O) groups is 1. The second kappa shape index (κ2) is 8.59. The normalized spacial score (nSPS) is 23.1. The molecule has 0 aromatic rings. The molecule has 2 N–H and O–H groups in total. The van der Waals surface area contributed by atoms with Crippen LogP contribution in [0.4, 0.5) is 4.79 Å². The second-order valence-corrected chi connectivity index (χ2v) is 7.07. The summed E-state index contributed by atoms with van der Waals surface area (Å²) in [5.74, 6) is 0. The lowest BCUT2D eigenvalue weighted by molar-refractivity contribution is 0.0488. The van der Waals surface area contributed by atoms with Gasteiger partial charge in [0, 0.05) is 18.6 Å². The topological polar surface area (TPSA) is 59.6 Å². The number of hydrogen-bond acceptors (Lipinski definition) is 4. The molecular formula is C16H32N2O3. The van der Waals surface area contributed by atoms with E-state index < -0.39 is 5.60 Å². The van der Waals surface area contributed by atoms with Crippen molar-refractivity contribution in [2.75, 3.05) is 13.2 Å². The van der Waals surface area contributed by atoms with Gasteiger partial charge >= 0.3 is 6.09 Å². The molecular weight excluding hydrogens is 268 g/mol. The predicted octanol–water partition coefficient (Wildman–Crippen LogP) is 2.84. The number of nitrogens with one attached hydrogen (secondary N) is 2. The SMILES string of the molecule is CC(C)OCCNC1CCC(NC(=O)OC(C)(C)C)CC1. The van der Waals surface area contributed by atoms with Gasteiger partial charge in [0.15, 0.2) is 0 Å². The standard InChI is InChI=1S/C16H32N2O3/c1-12(2)20-11-10-17-13-6-8-14(9-7-13)18-15(19)21-16(3,4)5/h12-14,17H,6-11H2,1-5H3,(H,18,19). The van der Waals surface area contributed by atoms with E-state index in [1.165, 1.54) is 0 Å². The third-order valence-corrected chi connectivity index (χ3v) is 3.43. The zero-order chi connectivity index (χ0) is 15.9. The Morgan fingerprint density at radius 1 is 1.14 bits per heavy atom. The molecule has 1 saturated carbocycles. The maximum atomic E-state index is 11.7. The summed E-state index contributed by atoms with van der Waals surface area (Å²) >= 11 is 0. The zero-order valence-electron chi connectivity index (χ0n) is 14.2. The van der Waals surface area contributed by atoms with Crippen LogP contribution < -0.4 is 10.6 Å². The van der Waals surface area contributed by atoms with Crippen LogP contribution in [-0.2, 0) is 9.47 Å². The lowest BCUT2D eigenvalue weighted by Crippen LogP contribution is -2.44. The van der Waals surface area contributed by atoms with Gasteiger partial charge in [0.25, 0.3) is 0 Å². The Bertz CT molecular complexity index is 305. The van der Waals surface area contributed by atoms with Crippen molar-refractivity contribution < 1.29 is 14.3 Å². The zero-order valence-corrected chi connectivity index (χ0v) is 14.2. The van der Waals surface area contributed by atoms with Crippen molar-refractivity contribution in [3.05, 3.63) is 0 Å². The molecule has 21 heavy (non-hydrogen) atoms. The fraction of sp³-hybridized carbons (Fsp3) is 0.938. The molecule has 5 nitrogen and oxygen atoms in total. The van der Waals surface area contributed by atoms with E-state index in [2.05, 4.69) is 10.6 Å². The van der Waals surface area contributed by atoms with Crippen molar-refractivity contribution in [1.29, 1.82) is 0 Å². The highest BCUT2D eigenvalue weighted by Gasteiger charge is 2.24. The van der Waals surface area contributed by atoms with Crippen molar-refractivity contribution in [1.82, 2.24) is 10.6 Å². The van der Waals surface area contributed by atoms with Crippen molar-refractivity contribution in [2.24, 2.45) is 0 Å². The summed E-state index contributed by atoms with van der Waals surface area (Å²) in [6.07, 6.45) is 4.17. The molecule has 0 radical (unpaired) electrons. The first-order chi connectivity index (χ1) is 9.76. The molecule has 0 saturated heterocycles. The maximum absolute atomic E-state index is 11.7. The molecule has 1 aliphatic carbocycles. The summed E-state index contributed by atoms with van der Waals surface area (Å²) in [6.45, 7) is 11.4. The van der Waals surface area contributed by atoms with Gasteiger partial charge < -0.3 is 20.1 Å². The third-order valence-electron chi connectivity index (χ3n) is 3.43. The van der Waals surface area contributed by atoms with Crippen molar-refractivity contribution in [3.63, 3.8) is 0 Å². The summed E-state index contributed by atoms with van der Waals surface area (Å²) in [5.41, 5.74) is -0.431. The van der Waals surface area contributed by atoms with Crippen molar-refractivity contribution in [3.8, 4) is 0 Å². The maximum Gasteiger partial charge on any atom is 0.407 e. The van der Waals surface area contributed by atoms with Gasteiger partial charge in [-0.05, 0) is 60.3 Å². The van der Waals surface area contributed by atoms with Gasteiger partial charge in [-0.15, -0.1) is 0 Å². The number of alkyl carbamates (subject to hydrolysis) is 1. The molecule has 5 heteroatoms. The summed E-state index contributed by atoms with van der Waals surface area (Å²) in [5, 5.41) is 6.48. The molecule has 0 aromatic carbocycles. The van der Waals surface area contributed by atoms with E-state index in [0.29, 0.717) is 12.1 Å². The Hall–Kier alpha value is -0.810. The van der Waals surface area contributed by atoms with Crippen LogP contribution in [-0.4, -0.2) is 43.0 Å². The molecule has 0 spiro atoms. The Labute approximate surface area is 129 Å². The first kappa shape index (κ1) is 18.2.